The lowest BCUT2D eigenvalue weighted by atomic mass is 9.75. The summed E-state index contributed by atoms with van der Waals surface area (Å²) < 4.78 is 10.4. The molecule has 0 atom stereocenters. The average molecular weight is 356 g/mol. The fourth-order valence-electron chi connectivity index (χ4n) is 2.67. The van der Waals surface area contributed by atoms with Crippen LogP contribution < -0.4 is 10.6 Å². The average Bonchev–Trinajstić information content (AvgIpc) is 2.53. The molecule has 1 rings (SSSR count). The third kappa shape index (κ3) is 8.97. The Morgan fingerprint density at radius 2 is 1.64 bits per heavy atom. The number of Topliss-reactive ketones (excluding diaryl/α,β-unsaturated/α-hetero) is 1. The third-order valence-corrected chi connectivity index (χ3v) is 4.19. The zero-order valence-corrected chi connectivity index (χ0v) is 15.6. The Hall–Kier alpha value is -1.47. The lowest BCUT2D eigenvalue weighted by Gasteiger charge is -2.35. The monoisotopic (exact) mass is 356 g/mol. The Bertz CT molecular complexity index is 433. The second-order valence-electron chi connectivity index (χ2n) is 6.65. The first kappa shape index (κ1) is 21.6. The standard InChI is InChI=1S/C18H32N2O5/c1-4-24-8-5-16(21)19-7-10-25-9-6-17(22)20-15-11-14(12-15)18(23)13(2)3/h13-15H,4-12H2,1-3H3,(H,19,21)(H,20,22). The van der Waals surface area contributed by atoms with Crippen molar-refractivity contribution in [1.82, 2.24) is 10.6 Å². The molecular weight excluding hydrogens is 324 g/mol. The number of amides is 2. The van der Waals surface area contributed by atoms with E-state index in [2.05, 4.69) is 10.6 Å². The summed E-state index contributed by atoms with van der Waals surface area (Å²) in [5.41, 5.74) is 0. The molecule has 2 N–H and O–H groups in total. The molecule has 25 heavy (non-hydrogen) atoms. The molecule has 1 fully saturated rings. The fraction of sp³-hybridized carbons (Fsp3) is 0.833. The van der Waals surface area contributed by atoms with Gasteiger partial charge >= 0.3 is 0 Å². The molecule has 144 valence electrons. The van der Waals surface area contributed by atoms with Crippen molar-refractivity contribution in [2.45, 2.75) is 52.5 Å². The smallest absolute Gasteiger partial charge is 0.222 e. The van der Waals surface area contributed by atoms with Crippen LogP contribution in [0.3, 0.4) is 0 Å². The molecule has 0 heterocycles. The van der Waals surface area contributed by atoms with Gasteiger partial charge in [-0.2, -0.15) is 0 Å². The van der Waals surface area contributed by atoms with Crippen LogP contribution in [0, 0.1) is 11.8 Å². The lowest BCUT2D eigenvalue weighted by Crippen LogP contribution is -2.47. The SMILES string of the molecule is CCOCCC(=O)NCCOCCC(=O)NC1CC(C(=O)C(C)C)C1. The van der Waals surface area contributed by atoms with Crippen LogP contribution in [-0.4, -0.2) is 56.6 Å². The van der Waals surface area contributed by atoms with Crippen LogP contribution in [0.1, 0.15) is 46.5 Å². The highest BCUT2D eigenvalue weighted by Gasteiger charge is 2.35. The molecule has 2 amide bonds. The van der Waals surface area contributed by atoms with E-state index in [9.17, 15) is 14.4 Å². The van der Waals surface area contributed by atoms with Gasteiger partial charge in [-0.3, -0.25) is 14.4 Å². The fourth-order valence-corrected chi connectivity index (χ4v) is 2.67. The van der Waals surface area contributed by atoms with Crippen molar-refractivity contribution in [2.24, 2.45) is 11.8 Å². The first-order valence-corrected chi connectivity index (χ1v) is 9.19. The minimum atomic E-state index is -0.0646. The minimum Gasteiger partial charge on any atom is -0.381 e. The molecule has 1 aliphatic rings. The normalized spacial score (nSPS) is 19.4. The van der Waals surface area contributed by atoms with E-state index < -0.39 is 0 Å². The quantitative estimate of drug-likeness (QED) is 0.481. The number of rotatable bonds is 13. The number of nitrogens with one attached hydrogen (secondary N) is 2. The van der Waals surface area contributed by atoms with Gasteiger partial charge in [0.25, 0.3) is 0 Å². The van der Waals surface area contributed by atoms with E-state index in [0.29, 0.717) is 39.4 Å². The van der Waals surface area contributed by atoms with Crippen molar-refractivity contribution in [3.05, 3.63) is 0 Å². The molecule has 0 spiro atoms. The second-order valence-corrected chi connectivity index (χ2v) is 6.65. The molecule has 0 saturated heterocycles. The van der Waals surface area contributed by atoms with Crippen LogP contribution in [-0.2, 0) is 23.9 Å². The van der Waals surface area contributed by atoms with Gasteiger partial charge in [-0.1, -0.05) is 13.8 Å². The lowest BCUT2D eigenvalue weighted by molar-refractivity contribution is -0.131. The molecule has 7 heteroatoms. The molecule has 0 unspecified atom stereocenters. The predicted molar refractivity (Wildman–Crippen MR) is 94.1 cm³/mol. The van der Waals surface area contributed by atoms with Gasteiger partial charge in [0.1, 0.15) is 5.78 Å². The summed E-state index contributed by atoms with van der Waals surface area (Å²) in [5, 5.41) is 5.65. The van der Waals surface area contributed by atoms with Crippen LogP contribution in [0.4, 0.5) is 0 Å². The number of carbonyl (C=O) groups excluding carboxylic acids is 3. The zero-order chi connectivity index (χ0) is 18.7. The van der Waals surface area contributed by atoms with Gasteiger partial charge in [0.15, 0.2) is 0 Å². The maximum Gasteiger partial charge on any atom is 0.222 e. The Balaban J connectivity index is 1.95. The van der Waals surface area contributed by atoms with Crippen molar-refractivity contribution in [1.29, 1.82) is 0 Å². The van der Waals surface area contributed by atoms with Gasteiger partial charge in [0, 0.05) is 43.9 Å². The molecule has 0 radical (unpaired) electrons. The Labute approximate surface area is 150 Å². The third-order valence-electron chi connectivity index (χ3n) is 4.19. The van der Waals surface area contributed by atoms with Gasteiger partial charge < -0.3 is 20.1 Å². The van der Waals surface area contributed by atoms with Crippen molar-refractivity contribution in [3.8, 4) is 0 Å². The van der Waals surface area contributed by atoms with E-state index in [4.69, 9.17) is 9.47 Å². The molecule has 0 aromatic heterocycles. The van der Waals surface area contributed by atoms with Crippen molar-refractivity contribution in [3.63, 3.8) is 0 Å². The van der Waals surface area contributed by atoms with Crippen molar-refractivity contribution >= 4 is 17.6 Å². The zero-order valence-electron chi connectivity index (χ0n) is 15.6. The van der Waals surface area contributed by atoms with Crippen LogP contribution in [0.5, 0.6) is 0 Å². The van der Waals surface area contributed by atoms with Crippen LogP contribution in [0.25, 0.3) is 0 Å². The van der Waals surface area contributed by atoms with Gasteiger partial charge in [-0.05, 0) is 19.8 Å². The molecule has 0 aromatic carbocycles. The maximum absolute atomic E-state index is 11.8. The molecule has 1 saturated carbocycles. The van der Waals surface area contributed by atoms with E-state index in [-0.39, 0.29) is 41.9 Å². The summed E-state index contributed by atoms with van der Waals surface area (Å²) in [6.45, 7) is 7.86. The first-order chi connectivity index (χ1) is 11.9. The van der Waals surface area contributed by atoms with E-state index in [0.717, 1.165) is 12.8 Å². The van der Waals surface area contributed by atoms with Crippen LogP contribution >= 0.6 is 0 Å². The highest BCUT2D eigenvalue weighted by molar-refractivity contribution is 5.84. The highest BCUT2D eigenvalue weighted by Crippen LogP contribution is 2.30. The first-order valence-electron chi connectivity index (χ1n) is 9.19. The molecule has 7 nitrogen and oxygen atoms in total. The van der Waals surface area contributed by atoms with Crippen molar-refractivity contribution in [2.75, 3.05) is 33.0 Å². The summed E-state index contributed by atoms with van der Waals surface area (Å²) in [6.07, 6.45) is 2.13. The van der Waals surface area contributed by atoms with Crippen LogP contribution in [0.15, 0.2) is 0 Å². The van der Waals surface area contributed by atoms with Crippen molar-refractivity contribution < 1.29 is 23.9 Å². The number of hydrogen-bond donors (Lipinski definition) is 2. The summed E-state index contributed by atoms with van der Waals surface area (Å²) in [7, 11) is 0. The van der Waals surface area contributed by atoms with E-state index >= 15 is 0 Å². The van der Waals surface area contributed by atoms with Gasteiger partial charge in [0.05, 0.1) is 19.8 Å². The Kier molecular flexibility index (Phi) is 10.3. The summed E-state index contributed by atoms with van der Waals surface area (Å²) in [5.74, 6) is 0.339. The van der Waals surface area contributed by atoms with E-state index in [1.807, 2.05) is 20.8 Å². The summed E-state index contributed by atoms with van der Waals surface area (Å²) in [6, 6.07) is 0.116. The molecule has 0 aromatic rings. The van der Waals surface area contributed by atoms with Gasteiger partial charge in [-0.15, -0.1) is 0 Å². The maximum atomic E-state index is 11.8. The molecular formula is C18H32N2O5. The number of ether oxygens (including phenoxy) is 2. The summed E-state index contributed by atoms with van der Waals surface area (Å²) >= 11 is 0. The Morgan fingerprint density at radius 3 is 2.28 bits per heavy atom. The second kappa shape index (κ2) is 12.0. The number of hydrogen-bond acceptors (Lipinski definition) is 5. The largest absolute Gasteiger partial charge is 0.381 e. The number of ketones is 1. The Morgan fingerprint density at radius 1 is 1.00 bits per heavy atom. The van der Waals surface area contributed by atoms with Gasteiger partial charge in [-0.25, -0.2) is 0 Å². The van der Waals surface area contributed by atoms with E-state index in [1.54, 1.807) is 0 Å². The number of carbonyl (C=O) groups is 3. The highest BCUT2D eigenvalue weighted by atomic mass is 16.5. The summed E-state index contributed by atoms with van der Waals surface area (Å²) in [4.78, 5) is 35.0. The molecule has 1 aliphatic carbocycles. The predicted octanol–water partition coefficient (Wildman–Crippen LogP) is 1.06. The minimum absolute atomic E-state index is 0.0544. The van der Waals surface area contributed by atoms with E-state index in [1.165, 1.54) is 0 Å². The topological polar surface area (TPSA) is 93.7 Å². The molecule has 0 aliphatic heterocycles. The van der Waals surface area contributed by atoms with Gasteiger partial charge in [0.2, 0.25) is 11.8 Å². The molecule has 0 bridgehead atoms. The van der Waals surface area contributed by atoms with Crippen LogP contribution in [0.2, 0.25) is 0 Å².